The van der Waals surface area contributed by atoms with Crippen molar-refractivity contribution in [2.24, 2.45) is 5.73 Å². The quantitative estimate of drug-likeness (QED) is 0.873. The zero-order valence-corrected chi connectivity index (χ0v) is 12.4. The van der Waals surface area contributed by atoms with E-state index in [4.69, 9.17) is 10.5 Å². The minimum absolute atomic E-state index is 0.113. The van der Waals surface area contributed by atoms with Gasteiger partial charge in [0.1, 0.15) is 5.75 Å². The summed E-state index contributed by atoms with van der Waals surface area (Å²) in [6.07, 6.45) is 1.73. The van der Waals surface area contributed by atoms with Crippen LogP contribution in [0.4, 0.5) is 5.69 Å². The molecule has 3 N–H and O–H groups in total. The van der Waals surface area contributed by atoms with E-state index < -0.39 is 5.91 Å². The molecule has 1 fully saturated rings. The van der Waals surface area contributed by atoms with E-state index in [2.05, 4.69) is 5.32 Å². The van der Waals surface area contributed by atoms with E-state index in [1.54, 1.807) is 32.2 Å². The van der Waals surface area contributed by atoms with Crippen molar-refractivity contribution in [2.75, 3.05) is 25.5 Å². The number of benzene rings is 1. The Hall–Kier alpha value is -2.24. The molecule has 1 heterocycles. The molecule has 1 aromatic carbocycles. The Balaban J connectivity index is 2.07. The monoisotopic (exact) mass is 291 g/mol. The lowest BCUT2D eigenvalue weighted by Gasteiger charge is -2.32. The second-order valence-electron chi connectivity index (χ2n) is 5.20. The Morgan fingerprint density at radius 3 is 2.52 bits per heavy atom. The molecule has 1 aliphatic rings. The molecule has 2 rings (SSSR count). The zero-order valence-electron chi connectivity index (χ0n) is 12.4. The van der Waals surface area contributed by atoms with Gasteiger partial charge in [0.05, 0.1) is 12.8 Å². The summed E-state index contributed by atoms with van der Waals surface area (Å²) in [7, 11) is 1.59. The second-order valence-corrected chi connectivity index (χ2v) is 5.20. The van der Waals surface area contributed by atoms with E-state index in [-0.39, 0.29) is 11.9 Å². The Labute approximate surface area is 124 Å². The molecule has 1 saturated heterocycles. The number of amides is 2. The first-order valence-electron chi connectivity index (χ1n) is 7.01. The molecule has 0 aliphatic carbocycles. The fourth-order valence-corrected chi connectivity index (χ4v) is 2.53. The number of carbonyl (C=O) groups excluding carboxylic acids is 2. The van der Waals surface area contributed by atoms with Crippen molar-refractivity contribution in [1.82, 2.24) is 4.90 Å². The molecule has 6 heteroatoms. The minimum atomic E-state index is -0.466. The third-order valence-electron chi connectivity index (χ3n) is 3.78. The number of primary amides is 1. The summed E-state index contributed by atoms with van der Waals surface area (Å²) >= 11 is 0. The van der Waals surface area contributed by atoms with Crippen LogP contribution in [0.5, 0.6) is 5.75 Å². The SMILES string of the molecule is COc1ccc(C(N)=O)cc1NC1CCN(C(C)=O)CC1. The average molecular weight is 291 g/mol. The van der Waals surface area contributed by atoms with Gasteiger partial charge in [0.25, 0.3) is 0 Å². The Bertz CT molecular complexity index is 537. The number of ether oxygens (including phenoxy) is 1. The van der Waals surface area contributed by atoms with Gasteiger partial charge in [-0.05, 0) is 31.0 Å². The molecule has 2 amide bonds. The molecule has 0 unspecified atom stereocenters. The molecule has 6 nitrogen and oxygen atoms in total. The number of likely N-dealkylation sites (tertiary alicyclic amines) is 1. The van der Waals surface area contributed by atoms with Crippen LogP contribution in [0.15, 0.2) is 18.2 Å². The maximum atomic E-state index is 11.3. The normalized spacial score (nSPS) is 15.6. The molecule has 0 atom stereocenters. The summed E-state index contributed by atoms with van der Waals surface area (Å²) in [5.74, 6) is 0.322. The van der Waals surface area contributed by atoms with Crippen LogP contribution in [0.1, 0.15) is 30.1 Å². The van der Waals surface area contributed by atoms with Gasteiger partial charge in [0.15, 0.2) is 0 Å². The number of rotatable bonds is 4. The molecule has 1 aromatic rings. The summed E-state index contributed by atoms with van der Waals surface area (Å²) < 4.78 is 5.30. The van der Waals surface area contributed by atoms with Crippen LogP contribution < -0.4 is 15.8 Å². The average Bonchev–Trinajstić information content (AvgIpc) is 2.47. The fourth-order valence-electron chi connectivity index (χ4n) is 2.53. The zero-order chi connectivity index (χ0) is 15.4. The first kappa shape index (κ1) is 15.2. The van der Waals surface area contributed by atoms with Gasteiger partial charge in [-0.2, -0.15) is 0 Å². The predicted molar refractivity (Wildman–Crippen MR) is 80.4 cm³/mol. The molecule has 0 saturated carbocycles. The highest BCUT2D eigenvalue weighted by Gasteiger charge is 2.21. The van der Waals surface area contributed by atoms with Gasteiger partial charge in [0.2, 0.25) is 11.8 Å². The summed E-state index contributed by atoms with van der Waals surface area (Å²) in [6.45, 7) is 3.07. The summed E-state index contributed by atoms with van der Waals surface area (Å²) in [4.78, 5) is 24.4. The van der Waals surface area contributed by atoms with Crippen molar-refractivity contribution < 1.29 is 14.3 Å². The lowest BCUT2D eigenvalue weighted by molar-refractivity contribution is -0.129. The maximum Gasteiger partial charge on any atom is 0.248 e. The molecule has 0 spiro atoms. The van der Waals surface area contributed by atoms with Crippen LogP contribution in [-0.4, -0.2) is 43.0 Å². The number of anilines is 1. The van der Waals surface area contributed by atoms with Crippen molar-refractivity contribution in [1.29, 1.82) is 0 Å². The van der Waals surface area contributed by atoms with Gasteiger partial charge in [-0.25, -0.2) is 0 Å². The topological polar surface area (TPSA) is 84.7 Å². The van der Waals surface area contributed by atoms with Crippen LogP contribution in [0.3, 0.4) is 0 Å². The Kier molecular flexibility index (Phi) is 4.67. The van der Waals surface area contributed by atoms with Crippen molar-refractivity contribution >= 4 is 17.5 Å². The number of methoxy groups -OCH3 is 1. The van der Waals surface area contributed by atoms with E-state index in [1.165, 1.54) is 0 Å². The van der Waals surface area contributed by atoms with Gasteiger partial charge in [-0.1, -0.05) is 0 Å². The molecule has 0 aromatic heterocycles. The third kappa shape index (κ3) is 3.65. The van der Waals surface area contributed by atoms with Crippen LogP contribution in [0, 0.1) is 0 Å². The maximum absolute atomic E-state index is 11.3. The second kappa shape index (κ2) is 6.47. The van der Waals surface area contributed by atoms with E-state index in [0.717, 1.165) is 31.6 Å². The van der Waals surface area contributed by atoms with Crippen LogP contribution >= 0.6 is 0 Å². The van der Waals surface area contributed by atoms with E-state index in [0.29, 0.717) is 11.3 Å². The summed E-state index contributed by atoms with van der Waals surface area (Å²) in [6, 6.07) is 5.33. The van der Waals surface area contributed by atoms with Crippen LogP contribution in [0.25, 0.3) is 0 Å². The number of nitrogens with one attached hydrogen (secondary N) is 1. The van der Waals surface area contributed by atoms with Crippen molar-refractivity contribution in [3.05, 3.63) is 23.8 Å². The lowest BCUT2D eigenvalue weighted by Crippen LogP contribution is -2.41. The van der Waals surface area contributed by atoms with E-state index in [9.17, 15) is 9.59 Å². The molecule has 1 aliphatic heterocycles. The molecular formula is C15H21N3O3. The molecular weight excluding hydrogens is 270 g/mol. The fraction of sp³-hybridized carbons (Fsp3) is 0.467. The highest BCUT2D eigenvalue weighted by molar-refractivity contribution is 5.94. The Morgan fingerprint density at radius 2 is 2.00 bits per heavy atom. The van der Waals surface area contributed by atoms with Gasteiger partial charge >= 0.3 is 0 Å². The largest absolute Gasteiger partial charge is 0.495 e. The molecule has 0 radical (unpaired) electrons. The van der Waals surface area contributed by atoms with Gasteiger partial charge in [-0.3, -0.25) is 9.59 Å². The van der Waals surface area contributed by atoms with Crippen molar-refractivity contribution in [2.45, 2.75) is 25.8 Å². The van der Waals surface area contributed by atoms with Crippen LogP contribution in [0.2, 0.25) is 0 Å². The third-order valence-corrected chi connectivity index (χ3v) is 3.78. The van der Waals surface area contributed by atoms with Gasteiger partial charge in [-0.15, -0.1) is 0 Å². The number of hydrogen-bond acceptors (Lipinski definition) is 4. The number of piperidine rings is 1. The number of nitrogens with zero attached hydrogens (tertiary/aromatic N) is 1. The van der Waals surface area contributed by atoms with E-state index >= 15 is 0 Å². The van der Waals surface area contributed by atoms with Crippen molar-refractivity contribution in [3.8, 4) is 5.75 Å². The number of nitrogens with two attached hydrogens (primary N) is 1. The van der Waals surface area contributed by atoms with Crippen LogP contribution in [-0.2, 0) is 4.79 Å². The molecule has 114 valence electrons. The predicted octanol–water partition coefficient (Wildman–Crippen LogP) is 1.22. The number of hydrogen-bond donors (Lipinski definition) is 2. The summed E-state index contributed by atoms with van der Waals surface area (Å²) in [5, 5.41) is 3.38. The number of carbonyl (C=O) groups is 2. The van der Waals surface area contributed by atoms with Gasteiger partial charge in [0, 0.05) is 31.6 Å². The first-order chi connectivity index (χ1) is 10.0. The lowest BCUT2D eigenvalue weighted by atomic mass is 10.0. The van der Waals surface area contributed by atoms with E-state index in [1.807, 2.05) is 4.90 Å². The Morgan fingerprint density at radius 1 is 1.33 bits per heavy atom. The first-order valence-corrected chi connectivity index (χ1v) is 7.01. The minimum Gasteiger partial charge on any atom is -0.495 e. The standard InChI is InChI=1S/C15H21N3O3/c1-10(19)18-7-5-12(6-8-18)17-13-9-11(15(16)20)3-4-14(13)21-2/h3-4,9,12,17H,5-8H2,1-2H3,(H2,16,20). The highest BCUT2D eigenvalue weighted by Crippen LogP contribution is 2.27. The highest BCUT2D eigenvalue weighted by atomic mass is 16.5. The van der Waals surface area contributed by atoms with Gasteiger partial charge < -0.3 is 20.7 Å². The van der Waals surface area contributed by atoms with Crippen molar-refractivity contribution in [3.63, 3.8) is 0 Å². The molecule has 0 bridgehead atoms. The summed E-state index contributed by atoms with van der Waals surface area (Å²) in [5.41, 5.74) is 6.51. The molecule has 21 heavy (non-hydrogen) atoms. The smallest absolute Gasteiger partial charge is 0.248 e.